The van der Waals surface area contributed by atoms with E-state index in [1.165, 1.54) is 24.7 Å². The second-order valence-electron chi connectivity index (χ2n) is 20.9. The summed E-state index contributed by atoms with van der Waals surface area (Å²) in [5.41, 5.74) is 0.320. The largest absolute Gasteiger partial charge is 0.481 e. The molecule has 11 atom stereocenters. The number of ketones is 1. The van der Waals surface area contributed by atoms with E-state index in [2.05, 4.69) is 48.1 Å². The Kier molecular flexibility index (Phi) is 11.2. The number of aliphatic carboxylic acids is 1. The second kappa shape index (κ2) is 14.0. The number of allylic oxidation sites excluding steroid dienone is 1. The lowest BCUT2D eigenvalue weighted by molar-refractivity contribution is -0.250. The van der Waals surface area contributed by atoms with Crippen molar-refractivity contribution in [1.82, 2.24) is 10.5 Å². The predicted molar refractivity (Wildman–Crippen MR) is 209 cm³/mol. The monoisotopic (exact) mass is 761 g/mol. The highest BCUT2D eigenvalue weighted by molar-refractivity contribution is 7.88. The van der Waals surface area contributed by atoms with Crippen molar-refractivity contribution < 1.29 is 32.6 Å². The van der Waals surface area contributed by atoms with Gasteiger partial charge in [0.2, 0.25) is 10.0 Å². The van der Waals surface area contributed by atoms with Gasteiger partial charge in [0.05, 0.1) is 18.1 Å². The molecule has 10 heteroatoms. The molecule has 0 amide bonds. The van der Waals surface area contributed by atoms with Crippen LogP contribution in [0.2, 0.25) is 0 Å². The van der Waals surface area contributed by atoms with Crippen molar-refractivity contribution >= 4 is 27.7 Å². The Morgan fingerprint density at radius 2 is 1.57 bits per heavy atom. The summed E-state index contributed by atoms with van der Waals surface area (Å²) >= 11 is 0. The van der Waals surface area contributed by atoms with Crippen molar-refractivity contribution in [2.45, 2.75) is 151 Å². The number of hydrogen-bond acceptors (Lipinski definition) is 7. The van der Waals surface area contributed by atoms with Crippen LogP contribution in [0.1, 0.15) is 145 Å². The molecule has 6 aliphatic rings. The average molecular weight is 761 g/mol. The molecule has 0 aromatic rings. The van der Waals surface area contributed by atoms with Crippen LogP contribution in [-0.2, 0) is 29.1 Å². The topological polar surface area (TPSA) is 153 Å². The van der Waals surface area contributed by atoms with Gasteiger partial charge in [0.25, 0.3) is 0 Å². The predicted octanol–water partition coefficient (Wildman–Crippen LogP) is 8.85. The number of esters is 1. The molecule has 9 nitrogen and oxygen atoms in total. The summed E-state index contributed by atoms with van der Waals surface area (Å²) < 4.78 is 32.0. The van der Waals surface area contributed by atoms with Crippen molar-refractivity contribution in [2.75, 3.05) is 19.3 Å². The van der Waals surface area contributed by atoms with E-state index in [0.717, 1.165) is 57.8 Å². The van der Waals surface area contributed by atoms with E-state index >= 15 is 0 Å². The second-order valence-corrected chi connectivity index (χ2v) is 22.9. The van der Waals surface area contributed by atoms with Gasteiger partial charge in [-0.1, -0.05) is 46.8 Å². The van der Waals surface area contributed by atoms with Crippen LogP contribution in [0.25, 0.3) is 0 Å². The lowest BCUT2D eigenvalue weighted by Crippen LogP contribution is -2.66. The van der Waals surface area contributed by atoms with Gasteiger partial charge in [-0.05, 0) is 149 Å². The number of hydrogen-bond donors (Lipinski definition) is 2. The smallest absolute Gasteiger partial charge is 0.309 e. The van der Waals surface area contributed by atoms with Gasteiger partial charge in [0.15, 0.2) is 0 Å². The van der Waals surface area contributed by atoms with Crippen molar-refractivity contribution in [3.8, 4) is 0 Å². The van der Waals surface area contributed by atoms with Gasteiger partial charge in [-0.3, -0.25) is 14.4 Å². The van der Waals surface area contributed by atoms with Crippen LogP contribution < -0.4 is 6.15 Å². The summed E-state index contributed by atoms with van der Waals surface area (Å²) in [5.74, 6) is 1.44. The zero-order valence-electron chi connectivity index (χ0n) is 34.5. The highest BCUT2D eigenvalue weighted by Gasteiger charge is 2.71. The first-order chi connectivity index (χ1) is 23.9. The van der Waals surface area contributed by atoms with E-state index in [0.29, 0.717) is 61.3 Å². The highest BCUT2D eigenvalue weighted by Crippen LogP contribution is 2.78. The van der Waals surface area contributed by atoms with Gasteiger partial charge in [-0.25, -0.2) is 12.7 Å². The average Bonchev–Trinajstić information content (AvgIpc) is 3.64. The fraction of sp³-hybridized carbons (Fsp3) is 0.884. The Balaban J connectivity index is 0.00000541. The number of Topliss-reactive ketones (excluding diaryl/α,β-unsaturated/α-hetero) is 1. The molecule has 302 valence electrons. The molecule has 0 spiro atoms. The van der Waals surface area contributed by atoms with Gasteiger partial charge in [-0.15, -0.1) is 0 Å². The van der Waals surface area contributed by atoms with Crippen molar-refractivity contribution in [2.24, 2.45) is 68.0 Å². The Morgan fingerprint density at radius 3 is 2.17 bits per heavy atom. The number of rotatable bonds is 10. The Bertz CT molecular complexity index is 1590. The minimum Gasteiger partial charge on any atom is -0.481 e. The van der Waals surface area contributed by atoms with E-state index in [1.54, 1.807) is 18.2 Å². The molecule has 6 fully saturated rings. The molecule has 0 bridgehead atoms. The number of ether oxygens (including phenoxy) is 1. The van der Waals surface area contributed by atoms with Crippen LogP contribution >= 0.6 is 0 Å². The van der Waals surface area contributed by atoms with Crippen molar-refractivity contribution in [3.63, 3.8) is 0 Å². The minimum atomic E-state index is -3.23. The maximum atomic E-state index is 14.0. The first kappa shape index (κ1) is 42.4. The minimum absolute atomic E-state index is 0. The number of fused-ring (bicyclic) bond motifs is 7. The standard InChI is InChI=1S/C43H69NO7S.H3N/c1-27(2)30-13-19-43(24-29(45)23-28-16-22-44(26-28)52(10,49)50)21-20-41(8)31(36(30)43)11-12-33-40(7)17-15-34(51-35(46)25-38(3,4)37(47)48)39(5,6)32(40)14-18-42(33,41)9;/h28,30-34,36H,1,11-26H2,2-10H3,(H,47,48);1H3/t28-,30+,31-,32+,33-,34?,36-,40?,41-,42?,43-;/m1./s1. The Hall–Kier alpha value is -1.78. The van der Waals surface area contributed by atoms with E-state index in [1.807, 2.05) is 0 Å². The van der Waals surface area contributed by atoms with E-state index in [-0.39, 0.29) is 51.7 Å². The number of sulfonamides is 1. The molecule has 0 aromatic carbocycles. The normalized spacial score (nSPS) is 42.2. The number of nitrogens with zero attached hydrogens (tertiary/aromatic N) is 1. The van der Waals surface area contributed by atoms with Crippen LogP contribution in [0.5, 0.6) is 0 Å². The summed E-state index contributed by atoms with van der Waals surface area (Å²) in [4.78, 5) is 38.8. The third kappa shape index (κ3) is 6.89. The first-order valence-corrected chi connectivity index (χ1v) is 22.3. The van der Waals surface area contributed by atoms with Crippen LogP contribution in [0.15, 0.2) is 12.2 Å². The molecule has 5 saturated carbocycles. The van der Waals surface area contributed by atoms with Gasteiger partial charge in [-0.2, -0.15) is 0 Å². The molecule has 3 unspecified atom stereocenters. The van der Waals surface area contributed by atoms with Crippen molar-refractivity contribution in [3.05, 3.63) is 12.2 Å². The highest BCUT2D eigenvalue weighted by atomic mass is 32.2. The zero-order valence-corrected chi connectivity index (χ0v) is 35.3. The summed E-state index contributed by atoms with van der Waals surface area (Å²) in [6.07, 6.45) is 13.7. The number of carbonyl (C=O) groups excluding carboxylic acids is 2. The molecular formula is C43H72N2O7S. The summed E-state index contributed by atoms with van der Waals surface area (Å²) in [6.45, 7) is 23.3. The van der Waals surface area contributed by atoms with Crippen LogP contribution in [-0.4, -0.2) is 61.0 Å². The SMILES string of the molecule is C=C(C)[C@@H]1CC[C@]2(CC(=O)C[C@H]3CCN(S(C)(=O)=O)C3)CC[C@]3(C)[C@H](CC[C@@H]4C5(C)CCC(OC(=O)CC(C)(C)C(=O)O)C(C)(C)[C@@H]5CCC43C)[C@@H]12.N. The summed E-state index contributed by atoms with van der Waals surface area (Å²) in [5, 5.41) is 9.61. The maximum Gasteiger partial charge on any atom is 0.309 e. The molecule has 6 rings (SSSR count). The molecular weight excluding hydrogens is 689 g/mol. The van der Waals surface area contributed by atoms with Crippen LogP contribution in [0, 0.1) is 68.0 Å². The fourth-order valence-electron chi connectivity index (χ4n) is 14.5. The number of carbonyl (C=O) groups is 3. The number of carboxylic acid groups (broad SMARTS) is 1. The lowest BCUT2D eigenvalue weighted by Gasteiger charge is -2.73. The van der Waals surface area contributed by atoms with Gasteiger partial charge in [0, 0.05) is 31.3 Å². The quantitative estimate of drug-likeness (QED) is 0.165. The molecule has 0 radical (unpaired) electrons. The van der Waals surface area contributed by atoms with Crippen molar-refractivity contribution in [1.29, 1.82) is 0 Å². The maximum absolute atomic E-state index is 14.0. The van der Waals surface area contributed by atoms with Crippen LogP contribution in [0.4, 0.5) is 0 Å². The third-order valence-electron chi connectivity index (χ3n) is 17.4. The van der Waals surface area contributed by atoms with E-state index in [4.69, 9.17) is 4.74 Å². The van der Waals surface area contributed by atoms with E-state index in [9.17, 15) is 27.9 Å². The van der Waals surface area contributed by atoms with Gasteiger partial charge in [0.1, 0.15) is 11.9 Å². The Labute approximate surface area is 320 Å². The molecule has 5 aliphatic carbocycles. The van der Waals surface area contributed by atoms with Gasteiger partial charge < -0.3 is 16.0 Å². The lowest BCUT2D eigenvalue weighted by atomic mass is 9.32. The molecule has 4 N–H and O–H groups in total. The molecule has 1 saturated heterocycles. The summed E-state index contributed by atoms with van der Waals surface area (Å²) in [6, 6.07) is 0. The fourth-order valence-corrected chi connectivity index (χ4v) is 15.4. The van der Waals surface area contributed by atoms with Gasteiger partial charge >= 0.3 is 11.9 Å². The van der Waals surface area contributed by atoms with E-state index < -0.39 is 27.4 Å². The van der Waals surface area contributed by atoms with Crippen LogP contribution in [0.3, 0.4) is 0 Å². The summed E-state index contributed by atoms with van der Waals surface area (Å²) in [7, 11) is -3.23. The number of carboxylic acids is 1. The first-order valence-electron chi connectivity index (χ1n) is 20.5. The molecule has 1 heterocycles. The third-order valence-corrected chi connectivity index (χ3v) is 18.7. The molecule has 0 aromatic heterocycles. The molecule has 1 aliphatic heterocycles. The molecule has 53 heavy (non-hydrogen) atoms. The zero-order chi connectivity index (χ0) is 38.4. The Morgan fingerprint density at radius 1 is 0.887 bits per heavy atom.